The van der Waals surface area contributed by atoms with Crippen LogP contribution < -0.4 is 0 Å². The van der Waals surface area contributed by atoms with Gasteiger partial charge >= 0.3 is 23.9 Å². The first-order valence-electron chi connectivity index (χ1n) is 8.28. The van der Waals surface area contributed by atoms with Gasteiger partial charge in [0.25, 0.3) is 0 Å². The molecule has 142 valence electrons. The molecule has 2 rings (SSSR count). The molecular weight excluding hydrogens is 344 g/mol. The fourth-order valence-electron chi connectivity index (χ4n) is 2.12. The van der Waals surface area contributed by atoms with Crippen LogP contribution in [-0.4, -0.2) is 47.3 Å². The Labute approximate surface area is 150 Å². The minimum Gasteiger partial charge on any atom is -0.478 e. The Hall–Kier alpha value is -2.90. The Kier molecular flexibility index (Phi) is 9.45. The molecule has 1 aromatic rings. The monoisotopic (exact) mass is 366 g/mol. The number of ether oxygens (including phenoxy) is 2. The fourth-order valence-corrected chi connectivity index (χ4v) is 2.12. The molecule has 1 aromatic carbocycles. The molecule has 8 nitrogen and oxygen atoms in total. The van der Waals surface area contributed by atoms with E-state index in [9.17, 15) is 19.2 Å². The molecule has 0 unspecified atom stereocenters. The first-order valence-corrected chi connectivity index (χ1v) is 8.28. The second-order valence-corrected chi connectivity index (χ2v) is 5.51. The van der Waals surface area contributed by atoms with Gasteiger partial charge in [-0.1, -0.05) is 12.1 Å². The van der Waals surface area contributed by atoms with Crippen LogP contribution >= 0.6 is 0 Å². The smallest absolute Gasteiger partial charge is 0.336 e. The molecule has 26 heavy (non-hydrogen) atoms. The predicted molar refractivity (Wildman–Crippen MR) is 90.0 cm³/mol. The van der Waals surface area contributed by atoms with Crippen molar-refractivity contribution in [3.05, 3.63) is 35.4 Å². The van der Waals surface area contributed by atoms with Crippen LogP contribution in [0.2, 0.25) is 0 Å². The molecule has 2 N–H and O–H groups in total. The lowest BCUT2D eigenvalue weighted by atomic mass is 10.1. The highest BCUT2D eigenvalue weighted by atomic mass is 16.5. The van der Waals surface area contributed by atoms with Gasteiger partial charge in [0.05, 0.1) is 24.3 Å². The number of carboxylic acids is 2. The van der Waals surface area contributed by atoms with Gasteiger partial charge in [-0.05, 0) is 37.8 Å². The molecule has 1 aliphatic heterocycles. The minimum absolute atomic E-state index is 0.154. The molecule has 1 aliphatic rings. The van der Waals surface area contributed by atoms with Gasteiger partial charge in [0.15, 0.2) is 0 Å². The maximum atomic E-state index is 11.0. The van der Waals surface area contributed by atoms with Crippen LogP contribution in [0.5, 0.6) is 0 Å². The summed E-state index contributed by atoms with van der Waals surface area (Å²) in [5, 5.41) is 17.1. The maximum Gasteiger partial charge on any atom is 0.336 e. The Morgan fingerprint density at radius 1 is 0.731 bits per heavy atom. The Morgan fingerprint density at radius 2 is 1.12 bits per heavy atom. The molecule has 0 atom stereocenters. The summed E-state index contributed by atoms with van der Waals surface area (Å²) in [6.45, 7) is 0.882. The van der Waals surface area contributed by atoms with E-state index in [4.69, 9.17) is 19.7 Å². The van der Waals surface area contributed by atoms with Crippen molar-refractivity contribution >= 4 is 23.9 Å². The maximum absolute atomic E-state index is 11.0. The number of cyclic esters (lactones) is 2. The van der Waals surface area contributed by atoms with E-state index in [1.807, 2.05) is 0 Å². The molecule has 0 spiro atoms. The third-order valence-electron chi connectivity index (χ3n) is 3.46. The van der Waals surface area contributed by atoms with Crippen molar-refractivity contribution in [2.24, 2.45) is 0 Å². The topological polar surface area (TPSA) is 127 Å². The van der Waals surface area contributed by atoms with Crippen LogP contribution in [0, 0.1) is 0 Å². The van der Waals surface area contributed by atoms with Crippen molar-refractivity contribution in [2.75, 3.05) is 13.2 Å². The van der Waals surface area contributed by atoms with Gasteiger partial charge in [0.1, 0.15) is 0 Å². The Morgan fingerprint density at radius 3 is 1.46 bits per heavy atom. The average molecular weight is 366 g/mol. The summed E-state index contributed by atoms with van der Waals surface area (Å²) >= 11 is 0. The van der Waals surface area contributed by atoms with Crippen molar-refractivity contribution < 1.29 is 38.9 Å². The average Bonchev–Trinajstić information content (AvgIpc) is 2.61. The van der Waals surface area contributed by atoms with E-state index in [0.29, 0.717) is 38.9 Å². The summed E-state index contributed by atoms with van der Waals surface area (Å²) in [5.41, 5.74) is -0.380. The number of hydrogen-bond donors (Lipinski definition) is 2. The second kappa shape index (κ2) is 11.6. The van der Waals surface area contributed by atoms with Crippen molar-refractivity contribution in [1.29, 1.82) is 0 Å². The molecule has 1 saturated heterocycles. The summed E-state index contributed by atoms with van der Waals surface area (Å²) in [7, 11) is 0. The number of aromatic carboxylic acids is 2. The highest BCUT2D eigenvalue weighted by molar-refractivity contribution is 6.01. The fraction of sp³-hybridized carbons (Fsp3) is 0.444. The van der Waals surface area contributed by atoms with Crippen molar-refractivity contribution in [3.63, 3.8) is 0 Å². The van der Waals surface area contributed by atoms with Crippen LogP contribution in [0.15, 0.2) is 24.3 Å². The molecule has 0 bridgehead atoms. The zero-order valence-corrected chi connectivity index (χ0v) is 14.3. The summed E-state index contributed by atoms with van der Waals surface area (Å²) in [5.74, 6) is -2.76. The van der Waals surface area contributed by atoms with Crippen LogP contribution in [0.4, 0.5) is 0 Å². The van der Waals surface area contributed by atoms with E-state index in [1.165, 1.54) is 24.3 Å². The van der Waals surface area contributed by atoms with Crippen LogP contribution in [0.25, 0.3) is 0 Å². The standard InChI is InChI=1S/C10H16O4.C8H6O4/c11-9-5-1-2-6-10(12)14-8-4-3-7-13-9;9-7(10)5-3-1-2-4-6(5)8(11)12/h1-8H2;1-4H,(H,9,10)(H,11,12). The van der Waals surface area contributed by atoms with Crippen molar-refractivity contribution in [1.82, 2.24) is 0 Å². The lowest BCUT2D eigenvalue weighted by molar-refractivity contribution is -0.147. The third-order valence-corrected chi connectivity index (χ3v) is 3.46. The van der Waals surface area contributed by atoms with E-state index < -0.39 is 11.9 Å². The molecule has 8 heteroatoms. The zero-order chi connectivity index (χ0) is 19.4. The zero-order valence-electron chi connectivity index (χ0n) is 14.3. The Balaban J connectivity index is 0.000000263. The molecule has 1 heterocycles. The number of benzene rings is 1. The lowest BCUT2D eigenvalue weighted by Crippen LogP contribution is -2.11. The van der Waals surface area contributed by atoms with Gasteiger partial charge in [-0.3, -0.25) is 9.59 Å². The highest BCUT2D eigenvalue weighted by Gasteiger charge is 2.13. The van der Waals surface area contributed by atoms with Gasteiger partial charge in [0, 0.05) is 12.8 Å². The summed E-state index contributed by atoms with van der Waals surface area (Å²) in [6.07, 6.45) is 3.75. The van der Waals surface area contributed by atoms with Gasteiger partial charge in [-0.15, -0.1) is 0 Å². The SMILES string of the molecule is O=C(O)c1ccccc1C(=O)O.O=C1CCCCC(=O)OCCCCO1. The summed E-state index contributed by atoms with van der Waals surface area (Å²) in [6, 6.07) is 5.48. The lowest BCUT2D eigenvalue weighted by Gasteiger charge is -2.08. The Bertz CT molecular complexity index is 583. The molecular formula is C18H22O8. The van der Waals surface area contributed by atoms with Gasteiger partial charge in [0.2, 0.25) is 0 Å². The quantitative estimate of drug-likeness (QED) is 0.764. The van der Waals surface area contributed by atoms with E-state index >= 15 is 0 Å². The predicted octanol–water partition coefficient (Wildman–Crippen LogP) is 2.51. The number of rotatable bonds is 2. The largest absolute Gasteiger partial charge is 0.478 e. The first kappa shape index (κ1) is 21.1. The summed E-state index contributed by atoms with van der Waals surface area (Å²) in [4.78, 5) is 43.0. The molecule has 0 amide bonds. The van der Waals surface area contributed by atoms with Crippen molar-refractivity contribution in [3.8, 4) is 0 Å². The third kappa shape index (κ3) is 8.27. The number of hydrogen-bond acceptors (Lipinski definition) is 6. The van der Waals surface area contributed by atoms with Crippen LogP contribution in [0.3, 0.4) is 0 Å². The molecule has 0 aromatic heterocycles. The van der Waals surface area contributed by atoms with Crippen LogP contribution in [0.1, 0.15) is 59.2 Å². The molecule has 0 saturated carbocycles. The second-order valence-electron chi connectivity index (χ2n) is 5.51. The first-order chi connectivity index (χ1) is 12.4. The van der Waals surface area contributed by atoms with E-state index in [0.717, 1.165) is 12.8 Å². The normalized spacial score (nSPS) is 15.8. The summed E-state index contributed by atoms with van der Waals surface area (Å²) < 4.78 is 9.92. The number of carbonyl (C=O) groups excluding carboxylic acids is 2. The van der Waals surface area contributed by atoms with E-state index in [1.54, 1.807) is 0 Å². The highest BCUT2D eigenvalue weighted by Crippen LogP contribution is 2.08. The number of carbonyl (C=O) groups is 4. The molecule has 0 aliphatic carbocycles. The minimum atomic E-state index is -1.23. The molecule has 0 radical (unpaired) electrons. The van der Waals surface area contributed by atoms with Crippen LogP contribution in [-0.2, 0) is 19.1 Å². The van der Waals surface area contributed by atoms with E-state index in [2.05, 4.69) is 0 Å². The van der Waals surface area contributed by atoms with Crippen molar-refractivity contribution in [2.45, 2.75) is 38.5 Å². The van der Waals surface area contributed by atoms with E-state index in [-0.39, 0.29) is 23.1 Å². The van der Waals surface area contributed by atoms with Gasteiger partial charge < -0.3 is 19.7 Å². The molecule has 1 fully saturated rings. The number of esters is 2. The van der Waals surface area contributed by atoms with Gasteiger partial charge in [-0.2, -0.15) is 0 Å². The number of carboxylic acid groups (broad SMARTS) is 2. The van der Waals surface area contributed by atoms with Gasteiger partial charge in [-0.25, -0.2) is 9.59 Å².